The number of halogens is 3. The Bertz CT molecular complexity index is 1280. The van der Waals surface area contributed by atoms with Crippen LogP contribution in [0, 0.1) is 0 Å². The van der Waals surface area contributed by atoms with Crippen LogP contribution in [0.15, 0.2) is 54.6 Å². The molecule has 0 unspecified atom stereocenters. The molecule has 3 rings (SSSR count). The highest BCUT2D eigenvalue weighted by Crippen LogP contribution is 2.31. The first-order valence-corrected chi connectivity index (χ1v) is 12.1. The van der Waals surface area contributed by atoms with E-state index in [1.165, 1.54) is 19.2 Å². The molecule has 0 radical (unpaired) electrons. The highest BCUT2D eigenvalue weighted by Gasteiger charge is 2.31. The van der Waals surface area contributed by atoms with Crippen LogP contribution < -0.4 is 15.4 Å². The number of carbonyl (C=O) groups excluding carboxylic acids is 2. The molecule has 39 heavy (non-hydrogen) atoms. The molecule has 2 N–H and O–H groups in total. The number of hydrogen-bond acceptors (Lipinski definition) is 5. The van der Waals surface area contributed by atoms with Crippen molar-refractivity contribution in [3.63, 3.8) is 0 Å². The van der Waals surface area contributed by atoms with Crippen LogP contribution in [0.3, 0.4) is 0 Å². The van der Waals surface area contributed by atoms with Gasteiger partial charge in [-0.1, -0.05) is 26.8 Å². The van der Waals surface area contributed by atoms with Gasteiger partial charge in [-0.2, -0.15) is 18.3 Å². The molecule has 0 aliphatic rings. The van der Waals surface area contributed by atoms with Gasteiger partial charge in [0.2, 0.25) is 5.91 Å². The van der Waals surface area contributed by atoms with Crippen LogP contribution in [0.25, 0.3) is 5.69 Å². The average Bonchev–Trinajstić information content (AvgIpc) is 3.30. The van der Waals surface area contributed by atoms with Gasteiger partial charge in [0.05, 0.1) is 30.7 Å². The standard InChI is InChI=1S/C27H32F3N5O4/c1-26(2,3)22-16-23(35(33-22)20-9-11-21(39-5)12-10-20)32-24(36)17-34(13-14-38-4)25(37)31-19-8-6-7-18(15-19)27(28,29)30/h6-12,15-16H,13-14,17H2,1-5H3,(H,31,37)(H,32,36). The number of rotatable bonds is 9. The van der Waals surface area contributed by atoms with E-state index in [-0.39, 0.29) is 30.8 Å². The number of nitrogens with one attached hydrogen (secondary N) is 2. The number of anilines is 2. The molecule has 3 amide bonds. The van der Waals surface area contributed by atoms with Crippen molar-refractivity contribution in [2.45, 2.75) is 32.4 Å². The number of methoxy groups -OCH3 is 2. The fraction of sp³-hybridized carbons (Fsp3) is 0.370. The van der Waals surface area contributed by atoms with E-state index in [1.807, 2.05) is 20.8 Å². The summed E-state index contributed by atoms with van der Waals surface area (Å²) in [6, 6.07) is 12.4. The van der Waals surface area contributed by atoms with E-state index >= 15 is 0 Å². The Balaban J connectivity index is 1.81. The van der Waals surface area contributed by atoms with Crippen molar-refractivity contribution in [3.05, 3.63) is 65.9 Å². The van der Waals surface area contributed by atoms with Crippen LogP contribution >= 0.6 is 0 Å². The third-order valence-corrected chi connectivity index (χ3v) is 5.69. The lowest BCUT2D eigenvalue weighted by molar-refractivity contribution is -0.137. The zero-order valence-electron chi connectivity index (χ0n) is 22.4. The fourth-order valence-corrected chi connectivity index (χ4v) is 3.54. The van der Waals surface area contributed by atoms with Gasteiger partial charge in [0.1, 0.15) is 18.1 Å². The van der Waals surface area contributed by atoms with Gasteiger partial charge in [-0.3, -0.25) is 4.79 Å². The fourth-order valence-electron chi connectivity index (χ4n) is 3.54. The highest BCUT2D eigenvalue weighted by molar-refractivity contribution is 5.96. The van der Waals surface area contributed by atoms with Crippen LogP contribution in [0.2, 0.25) is 0 Å². The van der Waals surface area contributed by atoms with Crippen molar-refractivity contribution in [1.82, 2.24) is 14.7 Å². The van der Waals surface area contributed by atoms with Crippen molar-refractivity contribution in [1.29, 1.82) is 0 Å². The number of alkyl halides is 3. The minimum Gasteiger partial charge on any atom is -0.497 e. The summed E-state index contributed by atoms with van der Waals surface area (Å²) in [6.07, 6.45) is -4.56. The van der Waals surface area contributed by atoms with Gasteiger partial charge < -0.3 is 25.0 Å². The van der Waals surface area contributed by atoms with Crippen LogP contribution in [0.4, 0.5) is 29.5 Å². The number of benzene rings is 2. The van der Waals surface area contributed by atoms with Crippen LogP contribution in [0.1, 0.15) is 32.0 Å². The maximum Gasteiger partial charge on any atom is 0.416 e. The summed E-state index contributed by atoms with van der Waals surface area (Å²) in [5.41, 5.74) is 0.146. The predicted molar refractivity (Wildman–Crippen MR) is 141 cm³/mol. The van der Waals surface area contributed by atoms with E-state index in [1.54, 1.807) is 42.1 Å². The summed E-state index contributed by atoms with van der Waals surface area (Å²) in [4.78, 5) is 27.2. The Labute approximate surface area is 224 Å². The zero-order valence-corrected chi connectivity index (χ0v) is 22.4. The van der Waals surface area contributed by atoms with Gasteiger partial charge in [0.15, 0.2) is 0 Å². The van der Waals surface area contributed by atoms with Gasteiger partial charge in [0.25, 0.3) is 0 Å². The lowest BCUT2D eigenvalue weighted by Crippen LogP contribution is -2.42. The van der Waals surface area contributed by atoms with Crippen molar-refractivity contribution in [3.8, 4) is 11.4 Å². The van der Waals surface area contributed by atoms with Crippen molar-refractivity contribution in [2.75, 3.05) is 44.5 Å². The zero-order chi connectivity index (χ0) is 28.8. The number of nitrogens with zero attached hydrogens (tertiary/aromatic N) is 3. The normalized spacial score (nSPS) is 11.7. The lowest BCUT2D eigenvalue weighted by atomic mass is 9.92. The van der Waals surface area contributed by atoms with Crippen molar-refractivity contribution >= 4 is 23.4 Å². The quantitative estimate of drug-likeness (QED) is 0.378. The van der Waals surface area contributed by atoms with Crippen molar-refractivity contribution in [2.24, 2.45) is 0 Å². The van der Waals surface area contributed by atoms with Gasteiger partial charge in [-0.15, -0.1) is 0 Å². The van der Waals surface area contributed by atoms with Gasteiger partial charge in [0, 0.05) is 30.8 Å². The molecule has 3 aromatic rings. The summed E-state index contributed by atoms with van der Waals surface area (Å²) in [5.74, 6) is 0.522. The molecule has 210 valence electrons. The van der Waals surface area contributed by atoms with Crippen LogP contribution in [-0.4, -0.2) is 60.5 Å². The topological polar surface area (TPSA) is 97.7 Å². The number of amides is 3. The number of ether oxygens (including phenoxy) is 2. The first-order chi connectivity index (χ1) is 18.3. The number of aromatic nitrogens is 2. The summed E-state index contributed by atoms with van der Waals surface area (Å²) in [5, 5.41) is 9.89. The minimum absolute atomic E-state index is 0.0275. The summed E-state index contributed by atoms with van der Waals surface area (Å²) >= 11 is 0. The molecule has 0 aliphatic heterocycles. The Kier molecular flexibility index (Phi) is 9.23. The Morgan fingerprint density at radius 3 is 2.28 bits per heavy atom. The van der Waals surface area contributed by atoms with Gasteiger partial charge >= 0.3 is 12.2 Å². The Hall–Kier alpha value is -4.06. The summed E-state index contributed by atoms with van der Waals surface area (Å²) < 4.78 is 51.1. The molecule has 1 aromatic heterocycles. The molecule has 0 saturated carbocycles. The molecule has 9 nitrogen and oxygen atoms in total. The molecule has 1 heterocycles. The first kappa shape index (κ1) is 29.5. The van der Waals surface area contributed by atoms with E-state index in [4.69, 9.17) is 9.47 Å². The predicted octanol–water partition coefficient (Wildman–Crippen LogP) is 5.32. The Morgan fingerprint density at radius 1 is 1.00 bits per heavy atom. The number of carbonyl (C=O) groups is 2. The second-order valence-electron chi connectivity index (χ2n) is 9.75. The second-order valence-corrected chi connectivity index (χ2v) is 9.75. The second kappa shape index (κ2) is 12.2. The molecular weight excluding hydrogens is 515 g/mol. The lowest BCUT2D eigenvalue weighted by Gasteiger charge is -2.22. The minimum atomic E-state index is -4.56. The molecule has 0 aliphatic carbocycles. The molecule has 12 heteroatoms. The summed E-state index contributed by atoms with van der Waals surface area (Å²) in [7, 11) is 3.00. The number of hydrogen-bond donors (Lipinski definition) is 2. The Morgan fingerprint density at radius 2 is 1.69 bits per heavy atom. The molecule has 0 spiro atoms. The van der Waals surface area contributed by atoms with Gasteiger partial charge in [-0.25, -0.2) is 9.48 Å². The van der Waals surface area contributed by atoms with E-state index in [2.05, 4.69) is 15.7 Å². The molecule has 0 atom stereocenters. The number of urea groups is 1. The first-order valence-electron chi connectivity index (χ1n) is 12.1. The molecule has 0 bridgehead atoms. The monoisotopic (exact) mass is 547 g/mol. The smallest absolute Gasteiger partial charge is 0.416 e. The van der Waals surface area contributed by atoms with Crippen LogP contribution in [0.5, 0.6) is 5.75 Å². The summed E-state index contributed by atoms with van der Waals surface area (Å²) in [6.45, 7) is 5.73. The third kappa shape index (κ3) is 7.96. The maximum atomic E-state index is 13.1. The molecule has 0 fully saturated rings. The SMILES string of the molecule is COCCN(CC(=O)Nc1cc(C(C)(C)C)nn1-c1ccc(OC)cc1)C(=O)Nc1cccc(C(F)(F)F)c1. The third-order valence-electron chi connectivity index (χ3n) is 5.69. The van der Waals surface area contributed by atoms with Crippen molar-refractivity contribution < 1.29 is 32.2 Å². The molecular formula is C27H32F3N5O4. The average molecular weight is 548 g/mol. The maximum absolute atomic E-state index is 13.1. The molecule has 0 saturated heterocycles. The van der Waals surface area contributed by atoms with E-state index in [9.17, 15) is 22.8 Å². The molecule has 2 aromatic carbocycles. The van der Waals surface area contributed by atoms with E-state index < -0.39 is 23.7 Å². The van der Waals surface area contributed by atoms with E-state index in [0.29, 0.717) is 17.3 Å². The highest BCUT2D eigenvalue weighted by atomic mass is 19.4. The van der Waals surface area contributed by atoms with Crippen LogP contribution in [-0.2, 0) is 21.1 Å². The largest absolute Gasteiger partial charge is 0.497 e. The van der Waals surface area contributed by atoms with E-state index in [0.717, 1.165) is 22.7 Å². The van der Waals surface area contributed by atoms with Gasteiger partial charge in [-0.05, 0) is 42.5 Å².